The molecule has 1 unspecified atom stereocenters. The van der Waals surface area contributed by atoms with E-state index in [9.17, 15) is 5.11 Å². The lowest BCUT2D eigenvalue weighted by Crippen LogP contribution is -2.40. The molecule has 0 saturated carbocycles. The summed E-state index contributed by atoms with van der Waals surface area (Å²) in [6.07, 6.45) is 3.86. The van der Waals surface area contributed by atoms with Gasteiger partial charge in [-0.05, 0) is 61.4 Å². The summed E-state index contributed by atoms with van der Waals surface area (Å²) in [6.45, 7) is 1.94. The van der Waals surface area contributed by atoms with Gasteiger partial charge in [-0.3, -0.25) is 0 Å². The van der Waals surface area contributed by atoms with Crippen LogP contribution in [0.5, 0.6) is 0 Å². The number of aliphatic hydroxyl groups is 1. The molecule has 0 amide bonds. The van der Waals surface area contributed by atoms with Crippen LogP contribution in [-0.2, 0) is 19.3 Å². The first-order valence-corrected chi connectivity index (χ1v) is 9.99. The van der Waals surface area contributed by atoms with Crippen molar-refractivity contribution < 1.29 is 5.11 Å². The summed E-state index contributed by atoms with van der Waals surface area (Å²) in [5, 5.41) is 9.26. The Kier molecular flexibility index (Phi) is 6.25. The van der Waals surface area contributed by atoms with Gasteiger partial charge in [-0.15, -0.1) is 11.3 Å². The molecule has 0 saturated heterocycles. The molecule has 2 nitrogen and oxygen atoms in total. The van der Waals surface area contributed by atoms with Crippen molar-refractivity contribution in [2.75, 3.05) is 6.61 Å². The second-order valence-corrected chi connectivity index (χ2v) is 8.50. The van der Waals surface area contributed by atoms with Gasteiger partial charge < -0.3 is 10.8 Å². The van der Waals surface area contributed by atoms with Gasteiger partial charge in [-0.25, -0.2) is 0 Å². The summed E-state index contributed by atoms with van der Waals surface area (Å²) in [4.78, 5) is 2.76. The predicted molar refractivity (Wildman–Crippen MR) is 112 cm³/mol. The summed E-state index contributed by atoms with van der Waals surface area (Å²) in [5.74, 6) is 0. The van der Waals surface area contributed by atoms with Crippen molar-refractivity contribution in [2.45, 2.75) is 38.1 Å². The Hall–Kier alpha value is -1.94. The average molecular weight is 366 g/mol. The van der Waals surface area contributed by atoms with Crippen LogP contribution in [0.1, 0.15) is 28.7 Å². The SMILES string of the molecule is CC(N)(CO)CCc1ccc(CCc2ccc(-c3ccccc3)cc2)s1. The molecule has 3 N–H and O–H groups in total. The predicted octanol–water partition coefficient (Wildman–Crippen LogP) is 4.84. The zero-order valence-corrected chi connectivity index (χ0v) is 16.1. The minimum Gasteiger partial charge on any atom is -0.394 e. The Morgan fingerprint density at radius 1 is 0.808 bits per heavy atom. The monoisotopic (exact) mass is 365 g/mol. The number of rotatable bonds is 8. The smallest absolute Gasteiger partial charge is 0.0608 e. The van der Waals surface area contributed by atoms with Gasteiger partial charge in [0.05, 0.1) is 6.61 Å². The van der Waals surface area contributed by atoms with Gasteiger partial charge in [-0.1, -0.05) is 54.6 Å². The Bertz CT molecular complexity index is 806. The first-order valence-electron chi connectivity index (χ1n) is 9.17. The molecule has 2 aromatic carbocycles. The van der Waals surface area contributed by atoms with E-state index in [1.54, 1.807) is 0 Å². The molecule has 0 fully saturated rings. The van der Waals surface area contributed by atoms with Gasteiger partial charge in [0.25, 0.3) is 0 Å². The molecule has 1 aromatic heterocycles. The zero-order chi connectivity index (χ0) is 18.4. The van der Waals surface area contributed by atoms with Crippen molar-refractivity contribution in [3.05, 3.63) is 82.0 Å². The van der Waals surface area contributed by atoms with Gasteiger partial charge in [0.2, 0.25) is 0 Å². The molecule has 26 heavy (non-hydrogen) atoms. The van der Waals surface area contributed by atoms with Gasteiger partial charge in [0.15, 0.2) is 0 Å². The molecule has 3 aromatic rings. The largest absolute Gasteiger partial charge is 0.394 e. The van der Waals surface area contributed by atoms with Crippen molar-refractivity contribution in [3.63, 3.8) is 0 Å². The van der Waals surface area contributed by atoms with Crippen molar-refractivity contribution >= 4 is 11.3 Å². The van der Waals surface area contributed by atoms with Crippen LogP contribution in [0.2, 0.25) is 0 Å². The third-order valence-corrected chi connectivity index (χ3v) is 5.95. The minimum atomic E-state index is -0.481. The summed E-state index contributed by atoms with van der Waals surface area (Å²) in [7, 11) is 0. The second-order valence-electron chi connectivity index (χ2n) is 7.24. The fourth-order valence-electron chi connectivity index (χ4n) is 2.94. The molecule has 0 aliphatic heterocycles. The topological polar surface area (TPSA) is 46.2 Å². The maximum absolute atomic E-state index is 9.26. The van der Waals surface area contributed by atoms with E-state index in [-0.39, 0.29) is 6.61 Å². The molecule has 0 aliphatic rings. The number of aliphatic hydroxyl groups excluding tert-OH is 1. The molecular formula is C23H27NOS. The first kappa shape index (κ1) is 18.8. The molecule has 3 rings (SSSR count). The number of nitrogens with two attached hydrogens (primary N) is 1. The second kappa shape index (κ2) is 8.63. The van der Waals surface area contributed by atoms with Crippen LogP contribution in [-0.4, -0.2) is 17.3 Å². The van der Waals surface area contributed by atoms with Gasteiger partial charge in [0, 0.05) is 15.3 Å². The molecule has 136 valence electrons. The number of hydrogen-bond donors (Lipinski definition) is 2. The van der Waals surface area contributed by atoms with Crippen LogP contribution in [0.15, 0.2) is 66.7 Å². The lowest BCUT2D eigenvalue weighted by atomic mass is 9.98. The Morgan fingerprint density at radius 2 is 1.42 bits per heavy atom. The maximum atomic E-state index is 9.26. The molecular weight excluding hydrogens is 338 g/mol. The number of aryl methyl sites for hydroxylation is 3. The van der Waals surface area contributed by atoms with E-state index in [1.807, 2.05) is 24.3 Å². The summed E-state index contributed by atoms with van der Waals surface area (Å²) in [5.41, 5.74) is 9.43. The Balaban J connectivity index is 1.53. The fourth-order valence-corrected chi connectivity index (χ4v) is 3.96. The van der Waals surface area contributed by atoms with Crippen molar-refractivity contribution in [2.24, 2.45) is 5.73 Å². The van der Waals surface area contributed by atoms with E-state index in [1.165, 1.54) is 26.4 Å². The van der Waals surface area contributed by atoms with Gasteiger partial charge in [0.1, 0.15) is 0 Å². The highest BCUT2D eigenvalue weighted by Crippen LogP contribution is 2.23. The van der Waals surface area contributed by atoms with E-state index >= 15 is 0 Å². The minimum absolute atomic E-state index is 0.0320. The van der Waals surface area contributed by atoms with E-state index in [0.29, 0.717) is 0 Å². The van der Waals surface area contributed by atoms with Crippen LogP contribution in [0.25, 0.3) is 11.1 Å². The normalized spacial score (nSPS) is 13.5. The van der Waals surface area contributed by atoms with Crippen molar-refractivity contribution in [1.82, 2.24) is 0 Å². The third kappa shape index (κ3) is 5.28. The number of thiophene rings is 1. The Morgan fingerprint density at radius 3 is 2.08 bits per heavy atom. The van der Waals surface area contributed by atoms with E-state index in [2.05, 4.69) is 60.7 Å². The summed E-state index contributed by atoms with van der Waals surface area (Å²) in [6, 6.07) is 23.8. The zero-order valence-electron chi connectivity index (χ0n) is 15.3. The highest BCUT2D eigenvalue weighted by atomic mass is 32.1. The molecule has 1 heterocycles. The molecule has 3 heteroatoms. The van der Waals surface area contributed by atoms with Crippen LogP contribution >= 0.6 is 11.3 Å². The standard InChI is InChI=1S/C23H27NOS/c1-23(24,17-25)16-15-22-14-13-21(26-22)12-9-18-7-10-20(11-8-18)19-5-3-2-4-6-19/h2-8,10-11,13-14,25H,9,12,15-17,24H2,1H3. The molecule has 1 atom stereocenters. The summed E-state index contributed by atoms with van der Waals surface area (Å²) >= 11 is 1.87. The quantitative estimate of drug-likeness (QED) is 0.600. The van der Waals surface area contributed by atoms with Crippen molar-refractivity contribution in [3.8, 4) is 11.1 Å². The van der Waals surface area contributed by atoms with E-state index in [0.717, 1.165) is 25.7 Å². The van der Waals surface area contributed by atoms with Crippen molar-refractivity contribution in [1.29, 1.82) is 0 Å². The summed E-state index contributed by atoms with van der Waals surface area (Å²) < 4.78 is 0. The van der Waals surface area contributed by atoms with E-state index in [4.69, 9.17) is 5.73 Å². The fraction of sp³-hybridized carbons (Fsp3) is 0.304. The van der Waals surface area contributed by atoms with Crippen LogP contribution in [0.4, 0.5) is 0 Å². The van der Waals surface area contributed by atoms with Crippen LogP contribution < -0.4 is 5.73 Å². The maximum Gasteiger partial charge on any atom is 0.0608 e. The average Bonchev–Trinajstić information content (AvgIpc) is 3.14. The molecule has 0 bridgehead atoms. The van der Waals surface area contributed by atoms with Crippen LogP contribution in [0.3, 0.4) is 0 Å². The van der Waals surface area contributed by atoms with Crippen LogP contribution in [0, 0.1) is 0 Å². The lowest BCUT2D eigenvalue weighted by Gasteiger charge is -2.20. The first-order chi connectivity index (χ1) is 12.6. The number of benzene rings is 2. The third-order valence-electron chi connectivity index (χ3n) is 4.74. The van der Waals surface area contributed by atoms with Gasteiger partial charge in [-0.2, -0.15) is 0 Å². The molecule has 0 aliphatic carbocycles. The Labute approximate surface area is 160 Å². The van der Waals surface area contributed by atoms with Gasteiger partial charge >= 0.3 is 0 Å². The number of hydrogen-bond acceptors (Lipinski definition) is 3. The lowest BCUT2D eigenvalue weighted by molar-refractivity contribution is 0.201. The molecule has 0 spiro atoms. The molecule has 0 radical (unpaired) electrons. The highest BCUT2D eigenvalue weighted by molar-refractivity contribution is 7.11. The van der Waals surface area contributed by atoms with E-state index < -0.39 is 5.54 Å². The highest BCUT2D eigenvalue weighted by Gasteiger charge is 2.17.